The van der Waals surface area contributed by atoms with E-state index >= 15 is 0 Å². The molecule has 1 aliphatic rings. The molecule has 1 heterocycles. The minimum Gasteiger partial charge on any atom is -0.350 e. The van der Waals surface area contributed by atoms with Crippen molar-refractivity contribution >= 4 is 5.91 Å². The van der Waals surface area contributed by atoms with Crippen molar-refractivity contribution in [1.29, 1.82) is 0 Å². The molecule has 1 unspecified atom stereocenters. The Morgan fingerprint density at radius 3 is 2.00 bits per heavy atom. The van der Waals surface area contributed by atoms with Gasteiger partial charge in [-0.05, 0) is 67.4 Å². The van der Waals surface area contributed by atoms with Gasteiger partial charge in [0.2, 0.25) is 5.91 Å². The lowest BCUT2D eigenvalue weighted by molar-refractivity contribution is -0.143. The first-order valence-electron chi connectivity index (χ1n) is 11.2. The molecule has 0 saturated carbocycles. The summed E-state index contributed by atoms with van der Waals surface area (Å²) in [6.45, 7) is 2.40. The Bertz CT molecular complexity index is 952. The number of halogens is 7. The highest BCUT2D eigenvalue weighted by Crippen LogP contribution is 2.36. The number of likely N-dealkylation sites (tertiary alicyclic amines) is 1. The molecular weight excluding hydrogens is 479 g/mol. The van der Waals surface area contributed by atoms with Crippen LogP contribution in [0.15, 0.2) is 42.5 Å². The lowest BCUT2D eigenvalue weighted by Gasteiger charge is -2.27. The van der Waals surface area contributed by atoms with E-state index in [1.807, 2.05) is 0 Å². The third kappa shape index (κ3) is 7.93. The van der Waals surface area contributed by atoms with Gasteiger partial charge in [-0.3, -0.25) is 4.79 Å². The molecule has 1 fully saturated rings. The van der Waals surface area contributed by atoms with E-state index in [2.05, 4.69) is 15.5 Å². The first kappa shape index (κ1) is 26.9. The summed E-state index contributed by atoms with van der Waals surface area (Å²) in [5.41, 5.74) is -2.83. The van der Waals surface area contributed by atoms with Crippen LogP contribution in [0.2, 0.25) is 0 Å². The standard InChI is InChI=1S/C24H26F7N3O/c25-20-6-4-17(5-7-20)21(32-8-11-34-9-2-1-3-10-34)22(35)33-15-16-12-18(23(26,27)28)14-19(13-16)24(29,30)31/h4-7,12-14,21,32H,1-3,8-11,15H2,(H,33,35). The van der Waals surface area contributed by atoms with Crippen LogP contribution in [-0.4, -0.2) is 37.0 Å². The number of amides is 1. The fourth-order valence-electron chi connectivity index (χ4n) is 3.98. The SMILES string of the molecule is O=C(NCc1cc(C(F)(F)F)cc(C(F)(F)F)c1)C(NCCN1CCCCC1)c1ccc(F)cc1. The molecular formula is C24H26F7N3O. The second-order valence-corrected chi connectivity index (χ2v) is 8.47. The Balaban J connectivity index is 1.73. The largest absolute Gasteiger partial charge is 0.416 e. The molecule has 3 rings (SSSR count). The summed E-state index contributed by atoms with van der Waals surface area (Å²) in [7, 11) is 0. The van der Waals surface area contributed by atoms with Gasteiger partial charge in [0.25, 0.3) is 0 Å². The summed E-state index contributed by atoms with van der Waals surface area (Å²) in [5.74, 6) is -1.16. The first-order valence-corrected chi connectivity index (χ1v) is 11.2. The number of hydrogen-bond donors (Lipinski definition) is 2. The summed E-state index contributed by atoms with van der Waals surface area (Å²) in [6.07, 6.45) is -6.63. The van der Waals surface area contributed by atoms with Crippen LogP contribution >= 0.6 is 0 Å². The number of carbonyl (C=O) groups excluding carboxylic acids is 1. The molecule has 2 N–H and O–H groups in total. The number of carbonyl (C=O) groups is 1. The topological polar surface area (TPSA) is 44.4 Å². The molecule has 1 saturated heterocycles. The predicted octanol–water partition coefficient (Wildman–Crippen LogP) is 5.30. The number of hydrogen-bond acceptors (Lipinski definition) is 3. The monoisotopic (exact) mass is 505 g/mol. The van der Waals surface area contributed by atoms with Crippen molar-refractivity contribution in [2.75, 3.05) is 26.2 Å². The second-order valence-electron chi connectivity index (χ2n) is 8.47. The molecule has 35 heavy (non-hydrogen) atoms. The van der Waals surface area contributed by atoms with Gasteiger partial charge in [0.1, 0.15) is 11.9 Å². The van der Waals surface area contributed by atoms with Crippen molar-refractivity contribution < 1.29 is 35.5 Å². The number of benzene rings is 2. The minimum atomic E-state index is -4.98. The van der Waals surface area contributed by atoms with Gasteiger partial charge in [-0.1, -0.05) is 18.6 Å². The van der Waals surface area contributed by atoms with Gasteiger partial charge < -0.3 is 15.5 Å². The average Bonchev–Trinajstić information content (AvgIpc) is 2.80. The number of nitrogens with zero attached hydrogens (tertiary/aromatic N) is 1. The van der Waals surface area contributed by atoms with Gasteiger partial charge in [0.15, 0.2) is 0 Å². The summed E-state index contributed by atoms with van der Waals surface area (Å²) < 4.78 is 92.0. The average molecular weight is 505 g/mol. The van der Waals surface area contributed by atoms with Crippen molar-refractivity contribution in [2.24, 2.45) is 0 Å². The molecule has 0 aliphatic carbocycles. The third-order valence-corrected chi connectivity index (χ3v) is 5.80. The molecule has 2 aromatic carbocycles. The maximum atomic E-state index is 13.4. The Labute approximate surface area is 198 Å². The van der Waals surface area contributed by atoms with Gasteiger partial charge >= 0.3 is 12.4 Å². The van der Waals surface area contributed by atoms with Crippen LogP contribution in [0.4, 0.5) is 30.7 Å². The lowest BCUT2D eigenvalue weighted by Crippen LogP contribution is -2.41. The van der Waals surface area contributed by atoms with Crippen LogP contribution in [0, 0.1) is 5.82 Å². The molecule has 1 amide bonds. The Morgan fingerprint density at radius 2 is 1.46 bits per heavy atom. The molecule has 1 atom stereocenters. The number of piperidine rings is 1. The van der Waals surface area contributed by atoms with Crippen LogP contribution in [0.1, 0.15) is 47.6 Å². The van der Waals surface area contributed by atoms with E-state index in [9.17, 15) is 35.5 Å². The van der Waals surface area contributed by atoms with Crippen LogP contribution in [0.25, 0.3) is 0 Å². The smallest absolute Gasteiger partial charge is 0.350 e. The van der Waals surface area contributed by atoms with Crippen molar-refractivity contribution in [2.45, 2.75) is 44.2 Å². The zero-order valence-electron chi connectivity index (χ0n) is 18.8. The normalized spacial score (nSPS) is 16.2. The Kier molecular flexibility index (Phi) is 8.76. The maximum Gasteiger partial charge on any atom is 0.416 e. The first-order chi connectivity index (χ1) is 16.4. The summed E-state index contributed by atoms with van der Waals surface area (Å²) in [5, 5.41) is 5.49. The molecule has 0 radical (unpaired) electrons. The fraction of sp³-hybridized carbons (Fsp3) is 0.458. The second kappa shape index (κ2) is 11.4. The van der Waals surface area contributed by atoms with Gasteiger partial charge in [-0.2, -0.15) is 26.3 Å². The van der Waals surface area contributed by atoms with Crippen molar-refractivity contribution in [3.05, 3.63) is 70.5 Å². The lowest BCUT2D eigenvalue weighted by atomic mass is 10.0. The minimum absolute atomic E-state index is 0.0365. The van der Waals surface area contributed by atoms with E-state index in [0.29, 0.717) is 30.8 Å². The fourth-order valence-corrected chi connectivity index (χ4v) is 3.98. The molecule has 11 heteroatoms. The van der Waals surface area contributed by atoms with Crippen molar-refractivity contribution in [3.8, 4) is 0 Å². The van der Waals surface area contributed by atoms with Crippen LogP contribution < -0.4 is 10.6 Å². The number of alkyl halides is 6. The van der Waals surface area contributed by atoms with E-state index in [1.165, 1.54) is 24.3 Å². The molecule has 0 aromatic heterocycles. The van der Waals surface area contributed by atoms with Crippen LogP contribution in [0.3, 0.4) is 0 Å². The van der Waals surface area contributed by atoms with E-state index in [-0.39, 0.29) is 11.6 Å². The molecule has 192 valence electrons. The summed E-state index contributed by atoms with van der Waals surface area (Å²) >= 11 is 0. The number of nitrogens with one attached hydrogen (secondary N) is 2. The van der Waals surface area contributed by atoms with Crippen molar-refractivity contribution in [1.82, 2.24) is 15.5 Å². The van der Waals surface area contributed by atoms with E-state index < -0.39 is 47.8 Å². The molecule has 0 spiro atoms. The van der Waals surface area contributed by atoms with Crippen LogP contribution in [-0.2, 0) is 23.7 Å². The summed E-state index contributed by atoms with van der Waals surface area (Å²) in [4.78, 5) is 15.2. The van der Waals surface area contributed by atoms with E-state index in [0.717, 1.165) is 32.4 Å². The Morgan fingerprint density at radius 1 is 0.886 bits per heavy atom. The van der Waals surface area contributed by atoms with Gasteiger partial charge in [0, 0.05) is 19.6 Å². The highest BCUT2D eigenvalue weighted by Gasteiger charge is 2.37. The zero-order chi connectivity index (χ0) is 25.6. The molecule has 2 aromatic rings. The zero-order valence-corrected chi connectivity index (χ0v) is 18.8. The van der Waals surface area contributed by atoms with Gasteiger partial charge in [-0.15, -0.1) is 0 Å². The van der Waals surface area contributed by atoms with Gasteiger partial charge in [-0.25, -0.2) is 4.39 Å². The van der Waals surface area contributed by atoms with E-state index in [4.69, 9.17) is 0 Å². The third-order valence-electron chi connectivity index (χ3n) is 5.80. The highest BCUT2D eigenvalue weighted by atomic mass is 19.4. The quantitative estimate of drug-likeness (QED) is 0.479. The molecule has 0 bridgehead atoms. The van der Waals surface area contributed by atoms with E-state index in [1.54, 1.807) is 0 Å². The predicted molar refractivity (Wildman–Crippen MR) is 116 cm³/mol. The van der Waals surface area contributed by atoms with Gasteiger partial charge in [0.05, 0.1) is 11.1 Å². The molecule has 1 aliphatic heterocycles. The van der Waals surface area contributed by atoms with Crippen molar-refractivity contribution in [3.63, 3.8) is 0 Å². The maximum absolute atomic E-state index is 13.4. The highest BCUT2D eigenvalue weighted by molar-refractivity contribution is 5.83. The molecule has 4 nitrogen and oxygen atoms in total. The Hall–Kier alpha value is -2.66. The summed E-state index contributed by atoms with van der Waals surface area (Å²) in [6, 6.07) is 5.37. The van der Waals surface area contributed by atoms with Crippen LogP contribution in [0.5, 0.6) is 0 Å². The number of rotatable bonds is 8.